The smallest absolute Gasteiger partial charge is 0.371 e. The van der Waals surface area contributed by atoms with Crippen LogP contribution in [0.15, 0.2) is 52.9 Å². The van der Waals surface area contributed by atoms with Crippen molar-refractivity contribution in [3.05, 3.63) is 59.9 Å². The van der Waals surface area contributed by atoms with Crippen molar-refractivity contribution >= 4 is 40.9 Å². The van der Waals surface area contributed by atoms with Crippen LogP contribution >= 0.6 is 12.4 Å². The van der Waals surface area contributed by atoms with E-state index in [4.69, 9.17) is 20.0 Å². The molecule has 1 aromatic heterocycles. The molecule has 0 spiro atoms. The van der Waals surface area contributed by atoms with Crippen LogP contribution < -0.4 is 15.4 Å². The molecule has 2 atom stereocenters. The van der Waals surface area contributed by atoms with E-state index in [1.54, 1.807) is 13.2 Å². The van der Waals surface area contributed by atoms with Gasteiger partial charge in [-0.1, -0.05) is 12.1 Å². The molecule has 3 N–H and O–H groups in total. The number of carboxylic acids is 1. The Labute approximate surface area is 173 Å². The van der Waals surface area contributed by atoms with Crippen LogP contribution in [-0.2, 0) is 4.79 Å². The highest BCUT2D eigenvalue weighted by atomic mass is 35.5. The SMILES string of the molecule is COc1ccc([C@@H]2CCN(c3ccc4oc(C(=O)O)cc4c3)[C@@H]2C(N)=O)cc1.Cl. The number of nitrogens with zero attached hydrogens (tertiary/aromatic N) is 1. The number of halogens is 1. The molecule has 0 saturated carbocycles. The molecule has 0 unspecified atom stereocenters. The Hall–Kier alpha value is -3.19. The number of carbonyl (C=O) groups is 2. The fourth-order valence-electron chi connectivity index (χ4n) is 3.95. The summed E-state index contributed by atoms with van der Waals surface area (Å²) in [6, 6.07) is 14.0. The van der Waals surface area contributed by atoms with Crippen LogP contribution in [0, 0.1) is 0 Å². The Balaban J connectivity index is 0.00000240. The number of anilines is 1. The summed E-state index contributed by atoms with van der Waals surface area (Å²) in [6.07, 6.45) is 0.781. The number of benzene rings is 2. The molecule has 152 valence electrons. The van der Waals surface area contributed by atoms with Gasteiger partial charge in [0.15, 0.2) is 0 Å². The van der Waals surface area contributed by atoms with Crippen molar-refractivity contribution in [1.29, 1.82) is 0 Å². The highest BCUT2D eigenvalue weighted by molar-refractivity contribution is 5.93. The second-order valence-corrected chi connectivity index (χ2v) is 6.85. The summed E-state index contributed by atoms with van der Waals surface area (Å²) in [5.41, 5.74) is 8.10. The first-order valence-electron chi connectivity index (χ1n) is 8.94. The average molecular weight is 417 g/mol. The minimum absolute atomic E-state index is 0. The van der Waals surface area contributed by atoms with E-state index in [0.717, 1.165) is 23.4 Å². The third-order valence-electron chi connectivity index (χ3n) is 5.28. The third-order valence-corrected chi connectivity index (χ3v) is 5.28. The van der Waals surface area contributed by atoms with Crippen molar-refractivity contribution in [2.24, 2.45) is 5.73 Å². The maximum atomic E-state index is 12.3. The third kappa shape index (κ3) is 3.73. The Morgan fingerprint density at radius 1 is 1.17 bits per heavy atom. The van der Waals surface area contributed by atoms with Gasteiger partial charge in [0.05, 0.1) is 7.11 Å². The maximum absolute atomic E-state index is 12.3. The Morgan fingerprint density at radius 2 is 1.90 bits per heavy atom. The van der Waals surface area contributed by atoms with Crippen LogP contribution in [0.4, 0.5) is 5.69 Å². The molecular weight excluding hydrogens is 396 g/mol. The molecule has 1 aliphatic heterocycles. The van der Waals surface area contributed by atoms with Gasteiger partial charge >= 0.3 is 5.97 Å². The molecule has 1 aliphatic rings. The number of hydrogen-bond donors (Lipinski definition) is 2. The summed E-state index contributed by atoms with van der Waals surface area (Å²) in [6.45, 7) is 0.666. The number of amides is 1. The van der Waals surface area contributed by atoms with Gasteiger partial charge < -0.3 is 24.9 Å². The maximum Gasteiger partial charge on any atom is 0.371 e. The largest absolute Gasteiger partial charge is 0.497 e. The van der Waals surface area contributed by atoms with Gasteiger partial charge in [-0.2, -0.15) is 0 Å². The summed E-state index contributed by atoms with van der Waals surface area (Å²) in [4.78, 5) is 25.4. The lowest BCUT2D eigenvalue weighted by Crippen LogP contribution is -2.43. The summed E-state index contributed by atoms with van der Waals surface area (Å²) in [5.74, 6) is -0.895. The number of nitrogens with two attached hydrogens (primary N) is 1. The van der Waals surface area contributed by atoms with E-state index in [0.29, 0.717) is 17.5 Å². The first-order chi connectivity index (χ1) is 13.5. The van der Waals surface area contributed by atoms with Crippen molar-refractivity contribution in [1.82, 2.24) is 0 Å². The molecule has 2 heterocycles. The van der Waals surface area contributed by atoms with Gasteiger partial charge in [-0.15, -0.1) is 12.4 Å². The van der Waals surface area contributed by atoms with E-state index >= 15 is 0 Å². The van der Waals surface area contributed by atoms with Crippen molar-refractivity contribution in [2.75, 3.05) is 18.6 Å². The van der Waals surface area contributed by atoms with Gasteiger partial charge in [0.25, 0.3) is 0 Å². The minimum Gasteiger partial charge on any atom is -0.497 e. The van der Waals surface area contributed by atoms with E-state index in [-0.39, 0.29) is 24.1 Å². The molecule has 1 amide bonds. The predicted molar refractivity (Wildman–Crippen MR) is 111 cm³/mol. The zero-order valence-corrected chi connectivity index (χ0v) is 16.5. The molecule has 0 aliphatic carbocycles. The Kier molecular flexibility index (Phi) is 5.70. The average Bonchev–Trinajstić information content (AvgIpc) is 3.32. The predicted octanol–water partition coefficient (Wildman–Crippen LogP) is 3.41. The molecule has 1 fully saturated rings. The second-order valence-electron chi connectivity index (χ2n) is 6.85. The summed E-state index contributed by atoms with van der Waals surface area (Å²) in [5, 5.41) is 9.78. The molecule has 7 nitrogen and oxygen atoms in total. The first kappa shape index (κ1) is 20.5. The van der Waals surface area contributed by atoms with E-state index in [9.17, 15) is 9.59 Å². The van der Waals surface area contributed by atoms with Gasteiger partial charge in [0.1, 0.15) is 17.4 Å². The minimum atomic E-state index is -1.12. The van der Waals surface area contributed by atoms with Crippen molar-refractivity contribution in [2.45, 2.75) is 18.4 Å². The number of hydrogen-bond acceptors (Lipinski definition) is 5. The molecule has 4 rings (SSSR count). The van der Waals surface area contributed by atoms with E-state index in [1.165, 1.54) is 6.07 Å². The monoisotopic (exact) mass is 416 g/mol. The highest BCUT2D eigenvalue weighted by Gasteiger charge is 2.39. The lowest BCUT2D eigenvalue weighted by molar-refractivity contribution is -0.119. The van der Waals surface area contributed by atoms with Crippen LogP contribution in [-0.4, -0.2) is 36.7 Å². The molecule has 3 aromatic rings. The van der Waals surface area contributed by atoms with Crippen molar-refractivity contribution in [3.8, 4) is 5.75 Å². The van der Waals surface area contributed by atoms with Gasteiger partial charge in [-0.05, 0) is 48.4 Å². The number of carboxylic acid groups (broad SMARTS) is 1. The topological polar surface area (TPSA) is 106 Å². The highest BCUT2D eigenvalue weighted by Crippen LogP contribution is 2.38. The van der Waals surface area contributed by atoms with Crippen LogP contribution in [0.3, 0.4) is 0 Å². The van der Waals surface area contributed by atoms with Crippen molar-refractivity contribution < 1.29 is 23.8 Å². The Morgan fingerprint density at radius 3 is 2.52 bits per heavy atom. The molecule has 2 aromatic carbocycles. The molecule has 0 radical (unpaired) electrons. The van der Waals surface area contributed by atoms with E-state index < -0.39 is 17.9 Å². The lowest BCUT2D eigenvalue weighted by Gasteiger charge is -2.27. The lowest BCUT2D eigenvalue weighted by atomic mass is 9.91. The molecule has 0 bridgehead atoms. The molecular formula is C21H21ClN2O5. The number of rotatable bonds is 5. The molecule has 1 saturated heterocycles. The normalized spacial score (nSPS) is 18.4. The van der Waals surface area contributed by atoms with Crippen LogP contribution in [0.5, 0.6) is 5.75 Å². The van der Waals surface area contributed by atoms with Gasteiger partial charge in [0.2, 0.25) is 11.7 Å². The summed E-state index contributed by atoms with van der Waals surface area (Å²) in [7, 11) is 1.61. The van der Waals surface area contributed by atoms with E-state index in [1.807, 2.05) is 41.3 Å². The zero-order valence-electron chi connectivity index (χ0n) is 15.7. The molecule has 29 heavy (non-hydrogen) atoms. The number of primary amides is 1. The Bertz CT molecular complexity index is 1050. The van der Waals surface area contributed by atoms with Gasteiger partial charge in [0, 0.05) is 23.5 Å². The number of methoxy groups -OCH3 is 1. The van der Waals surface area contributed by atoms with Gasteiger partial charge in [-0.25, -0.2) is 4.79 Å². The van der Waals surface area contributed by atoms with Crippen LogP contribution in [0.25, 0.3) is 11.0 Å². The number of fused-ring (bicyclic) bond motifs is 1. The fourth-order valence-corrected chi connectivity index (χ4v) is 3.95. The van der Waals surface area contributed by atoms with Crippen LogP contribution in [0.1, 0.15) is 28.5 Å². The summed E-state index contributed by atoms with van der Waals surface area (Å²) < 4.78 is 10.5. The number of carbonyl (C=O) groups excluding carboxylic acids is 1. The van der Waals surface area contributed by atoms with Crippen molar-refractivity contribution in [3.63, 3.8) is 0 Å². The number of furan rings is 1. The van der Waals surface area contributed by atoms with Gasteiger partial charge in [-0.3, -0.25) is 4.79 Å². The first-order valence-corrected chi connectivity index (χ1v) is 8.94. The summed E-state index contributed by atoms with van der Waals surface area (Å²) >= 11 is 0. The van der Waals surface area contributed by atoms with Crippen LogP contribution in [0.2, 0.25) is 0 Å². The number of ether oxygens (including phenoxy) is 1. The van der Waals surface area contributed by atoms with E-state index in [2.05, 4.69) is 0 Å². The quantitative estimate of drug-likeness (QED) is 0.660. The number of aromatic carboxylic acids is 1. The second kappa shape index (κ2) is 8.05. The zero-order chi connectivity index (χ0) is 19.8. The standard InChI is InChI=1S/C21H20N2O5.ClH/c1-27-15-5-2-12(3-6-15)16-8-9-23(19(16)20(22)24)14-4-7-17-13(10-14)11-18(28-17)21(25)26;/h2-7,10-11,16,19H,8-9H2,1H3,(H2,22,24)(H,25,26);1H/t16-,19-;/m0./s1. The fraction of sp³-hybridized carbons (Fsp3) is 0.238. The molecule has 8 heteroatoms.